The molecule has 0 spiro atoms. The predicted molar refractivity (Wildman–Crippen MR) is 89.8 cm³/mol. The second-order valence-electron chi connectivity index (χ2n) is 5.88. The Balaban J connectivity index is 1.88. The van der Waals surface area contributed by atoms with Crippen LogP contribution in [0.4, 0.5) is 4.79 Å². The fourth-order valence-electron chi connectivity index (χ4n) is 2.84. The molecule has 2 rings (SSSR count). The highest BCUT2D eigenvalue weighted by Gasteiger charge is 2.11. The summed E-state index contributed by atoms with van der Waals surface area (Å²) in [5.74, 6) is 0. The fourth-order valence-corrected chi connectivity index (χ4v) is 2.84. The van der Waals surface area contributed by atoms with E-state index in [9.17, 15) is 4.79 Å². The molecule has 0 fully saturated rings. The maximum absolute atomic E-state index is 11.9. The van der Waals surface area contributed by atoms with Gasteiger partial charge in [0, 0.05) is 30.5 Å². The van der Waals surface area contributed by atoms with E-state index in [1.165, 1.54) is 17.0 Å². The Morgan fingerprint density at radius 3 is 2.32 bits per heavy atom. The first-order valence-corrected chi connectivity index (χ1v) is 7.72. The summed E-state index contributed by atoms with van der Waals surface area (Å²) in [5, 5.41) is 5.80. The zero-order valence-corrected chi connectivity index (χ0v) is 13.8. The number of amides is 2. The molecule has 0 aliphatic heterocycles. The average molecular weight is 299 g/mol. The number of benzene rings is 1. The summed E-state index contributed by atoms with van der Waals surface area (Å²) in [7, 11) is 0. The Morgan fingerprint density at radius 2 is 1.73 bits per heavy atom. The van der Waals surface area contributed by atoms with Crippen molar-refractivity contribution in [3.63, 3.8) is 0 Å². The van der Waals surface area contributed by atoms with E-state index in [0.717, 1.165) is 5.56 Å². The van der Waals surface area contributed by atoms with Crippen LogP contribution in [0.5, 0.6) is 0 Å². The Morgan fingerprint density at radius 1 is 1.09 bits per heavy atom. The third-order valence-corrected chi connectivity index (χ3v) is 3.84. The molecule has 1 aromatic heterocycles. The quantitative estimate of drug-likeness (QED) is 0.869. The SMILES string of the molecule is Cc1cc(CNC(=O)NCc2ccccc2)c(C)n1C(C)C. The maximum Gasteiger partial charge on any atom is 0.315 e. The number of carbonyl (C=O) groups is 1. The summed E-state index contributed by atoms with van der Waals surface area (Å²) in [6, 6.07) is 12.3. The molecule has 0 radical (unpaired) electrons. The lowest BCUT2D eigenvalue weighted by atomic mass is 10.2. The van der Waals surface area contributed by atoms with E-state index < -0.39 is 0 Å². The standard InChI is InChI=1S/C18H25N3O/c1-13(2)21-14(3)10-17(15(21)4)12-20-18(22)19-11-16-8-6-5-7-9-16/h5-10,13H,11-12H2,1-4H3,(H2,19,20,22). The summed E-state index contributed by atoms with van der Waals surface area (Å²) in [4.78, 5) is 11.9. The van der Waals surface area contributed by atoms with E-state index in [-0.39, 0.29) is 6.03 Å². The molecule has 22 heavy (non-hydrogen) atoms. The number of nitrogens with one attached hydrogen (secondary N) is 2. The van der Waals surface area contributed by atoms with Gasteiger partial charge in [0.15, 0.2) is 0 Å². The van der Waals surface area contributed by atoms with Crippen molar-refractivity contribution in [2.45, 2.75) is 46.8 Å². The summed E-state index contributed by atoms with van der Waals surface area (Å²) in [6.07, 6.45) is 0. The molecular formula is C18H25N3O. The van der Waals surface area contributed by atoms with Gasteiger partial charge in [0.2, 0.25) is 0 Å². The van der Waals surface area contributed by atoms with Crippen molar-refractivity contribution in [2.75, 3.05) is 0 Å². The maximum atomic E-state index is 11.9. The lowest BCUT2D eigenvalue weighted by molar-refractivity contribution is 0.240. The molecule has 0 atom stereocenters. The topological polar surface area (TPSA) is 46.1 Å². The molecule has 2 amide bonds. The number of rotatable bonds is 5. The van der Waals surface area contributed by atoms with Crippen LogP contribution in [0.25, 0.3) is 0 Å². The van der Waals surface area contributed by atoms with Crippen LogP contribution in [-0.2, 0) is 13.1 Å². The second kappa shape index (κ2) is 7.16. The molecule has 1 heterocycles. The van der Waals surface area contributed by atoms with Gasteiger partial charge in [-0.3, -0.25) is 0 Å². The number of carbonyl (C=O) groups excluding carboxylic acids is 1. The van der Waals surface area contributed by atoms with Crippen LogP contribution in [0.1, 0.15) is 42.4 Å². The van der Waals surface area contributed by atoms with Crippen LogP contribution >= 0.6 is 0 Å². The lowest BCUT2D eigenvalue weighted by Gasteiger charge is -2.14. The molecule has 0 aliphatic rings. The molecule has 0 saturated carbocycles. The number of urea groups is 1. The van der Waals surface area contributed by atoms with Gasteiger partial charge in [0.05, 0.1) is 0 Å². The van der Waals surface area contributed by atoms with Gasteiger partial charge in [-0.05, 0) is 44.9 Å². The lowest BCUT2D eigenvalue weighted by Crippen LogP contribution is -2.34. The van der Waals surface area contributed by atoms with E-state index in [1.807, 2.05) is 30.3 Å². The highest BCUT2D eigenvalue weighted by Crippen LogP contribution is 2.19. The number of aromatic nitrogens is 1. The van der Waals surface area contributed by atoms with Crippen molar-refractivity contribution in [1.29, 1.82) is 0 Å². The first-order valence-electron chi connectivity index (χ1n) is 7.72. The van der Waals surface area contributed by atoms with Crippen LogP contribution < -0.4 is 10.6 Å². The van der Waals surface area contributed by atoms with Gasteiger partial charge >= 0.3 is 6.03 Å². The number of hydrogen-bond donors (Lipinski definition) is 2. The van der Waals surface area contributed by atoms with Crippen LogP contribution in [0, 0.1) is 13.8 Å². The second-order valence-corrected chi connectivity index (χ2v) is 5.88. The smallest absolute Gasteiger partial charge is 0.315 e. The molecular weight excluding hydrogens is 274 g/mol. The minimum atomic E-state index is -0.141. The van der Waals surface area contributed by atoms with Gasteiger partial charge in [0.25, 0.3) is 0 Å². The Bertz CT molecular complexity index is 629. The number of nitrogens with zero attached hydrogens (tertiary/aromatic N) is 1. The molecule has 1 aromatic carbocycles. The van der Waals surface area contributed by atoms with Crippen LogP contribution in [0.15, 0.2) is 36.4 Å². The highest BCUT2D eigenvalue weighted by molar-refractivity contribution is 5.73. The van der Waals surface area contributed by atoms with E-state index in [2.05, 4.69) is 49.0 Å². The van der Waals surface area contributed by atoms with Crippen LogP contribution in [0.2, 0.25) is 0 Å². The van der Waals surface area contributed by atoms with E-state index in [0.29, 0.717) is 19.1 Å². The first kappa shape index (κ1) is 16.1. The van der Waals surface area contributed by atoms with Gasteiger partial charge in [-0.25, -0.2) is 4.79 Å². The average Bonchev–Trinajstić information content (AvgIpc) is 2.78. The van der Waals surface area contributed by atoms with Gasteiger partial charge in [-0.2, -0.15) is 0 Å². The minimum absolute atomic E-state index is 0.141. The molecule has 118 valence electrons. The zero-order chi connectivity index (χ0) is 16.1. The number of aryl methyl sites for hydroxylation is 1. The molecule has 0 bridgehead atoms. The zero-order valence-electron chi connectivity index (χ0n) is 13.8. The van der Waals surface area contributed by atoms with Gasteiger partial charge < -0.3 is 15.2 Å². The fraction of sp³-hybridized carbons (Fsp3) is 0.389. The van der Waals surface area contributed by atoms with Gasteiger partial charge in [-0.1, -0.05) is 30.3 Å². The minimum Gasteiger partial charge on any atom is -0.346 e. The summed E-state index contributed by atoms with van der Waals surface area (Å²) in [6.45, 7) is 9.64. The Labute approximate surface area is 132 Å². The van der Waals surface area contributed by atoms with Gasteiger partial charge in [0.1, 0.15) is 0 Å². The molecule has 2 N–H and O–H groups in total. The van der Waals surface area contributed by atoms with Crippen LogP contribution in [0.3, 0.4) is 0 Å². The normalized spacial score (nSPS) is 10.8. The molecule has 4 nitrogen and oxygen atoms in total. The summed E-state index contributed by atoms with van der Waals surface area (Å²) >= 11 is 0. The van der Waals surface area contributed by atoms with E-state index in [1.54, 1.807) is 0 Å². The third kappa shape index (κ3) is 3.91. The van der Waals surface area contributed by atoms with Crippen molar-refractivity contribution in [3.8, 4) is 0 Å². The molecule has 0 unspecified atom stereocenters. The first-order chi connectivity index (χ1) is 10.5. The van der Waals surface area contributed by atoms with E-state index >= 15 is 0 Å². The predicted octanol–water partition coefficient (Wildman–Crippen LogP) is 3.69. The van der Waals surface area contributed by atoms with Crippen molar-refractivity contribution < 1.29 is 4.79 Å². The van der Waals surface area contributed by atoms with E-state index in [4.69, 9.17) is 0 Å². The van der Waals surface area contributed by atoms with Crippen molar-refractivity contribution in [2.24, 2.45) is 0 Å². The largest absolute Gasteiger partial charge is 0.346 e. The Hall–Kier alpha value is -2.23. The van der Waals surface area contributed by atoms with Gasteiger partial charge in [-0.15, -0.1) is 0 Å². The van der Waals surface area contributed by atoms with Crippen LogP contribution in [-0.4, -0.2) is 10.6 Å². The molecule has 2 aromatic rings. The summed E-state index contributed by atoms with van der Waals surface area (Å²) in [5.41, 5.74) is 4.71. The molecule has 4 heteroatoms. The molecule has 0 aliphatic carbocycles. The highest BCUT2D eigenvalue weighted by atomic mass is 16.2. The van der Waals surface area contributed by atoms with Crippen molar-refractivity contribution in [1.82, 2.24) is 15.2 Å². The third-order valence-electron chi connectivity index (χ3n) is 3.84. The number of hydrogen-bond acceptors (Lipinski definition) is 1. The summed E-state index contributed by atoms with van der Waals surface area (Å²) < 4.78 is 2.29. The van der Waals surface area contributed by atoms with Crippen molar-refractivity contribution >= 4 is 6.03 Å². The monoisotopic (exact) mass is 299 g/mol. The van der Waals surface area contributed by atoms with Crippen molar-refractivity contribution in [3.05, 3.63) is 58.9 Å². The molecule has 0 saturated heterocycles. The Kier molecular flexibility index (Phi) is 5.26.